The van der Waals surface area contributed by atoms with Crippen LogP contribution in [0.15, 0.2) is 90.0 Å². The number of rotatable bonds is 8. The number of alkyl halides is 1. The van der Waals surface area contributed by atoms with Gasteiger partial charge in [-0.25, -0.2) is 17.8 Å². The molecule has 2 aromatic carbocycles. The van der Waals surface area contributed by atoms with Gasteiger partial charge in [-0.05, 0) is 36.3 Å². The van der Waals surface area contributed by atoms with Crippen LogP contribution >= 0.6 is 0 Å². The molecule has 0 spiro atoms. The van der Waals surface area contributed by atoms with Crippen molar-refractivity contribution in [2.24, 2.45) is 5.92 Å². The second-order valence-corrected chi connectivity index (χ2v) is 10.1. The van der Waals surface area contributed by atoms with Crippen molar-refractivity contribution >= 4 is 33.0 Å². The van der Waals surface area contributed by atoms with Crippen LogP contribution in [-0.2, 0) is 10.0 Å². The SMILES string of the molecule is CC1C=C(c2ccccc2)C=CC1(F)C(C)Nc1nccc(NS(=O)(=O)c2cccc([N+](=O)[O-])c2)n1. The number of non-ortho nitro benzene ring substituents is 1. The van der Waals surface area contributed by atoms with Gasteiger partial charge in [-0.1, -0.05) is 55.5 Å². The number of aromatic nitrogens is 2. The summed E-state index contributed by atoms with van der Waals surface area (Å²) in [7, 11) is -4.15. The number of nitrogens with zero attached hydrogens (tertiary/aromatic N) is 3. The minimum absolute atomic E-state index is 0.0252. The lowest BCUT2D eigenvalue weighted by molar-refractivity contribution is -0.385. The average molecular weight is 510 g/mol. The molecule has 4 rings (SSSR count). The van der Waals surface area contributed by atoms with Crippen molar-refractivity contribution in [1.82, 2.24) is 9.97 Å². The number of allylic oxidation sites excluding steroid dienone is 3. The lowest BCUT2D eigenvalue weighted by Crippen LogP contribution is -2.45. The van der Waals surface area contributed by atoms with E-state index in [-0.39, 0.29) is 22.3 Å². The summed E-state index contributed by atoms with van der Waals surface area (Å²) in [5, 5.41) is 13.9. The third-order valence-electron chi connectivity index (χ3n) is 6.00. The molecular weight excluding hydrogens is 485 g/mol. The summed E-state index contributed by atoms with van der Waals surface area (Å²) >= 11 is 0. The first-order valence-electron chi connectivity index (χ1n) is 11.1. The van der Waals surface area contributed by atoms with Gasteiger partial charge in [0, 0.05) is 24.2 Å². The third kappa shape index (κ3) is 5.25. The number of halogens is 1. The molecule has 36 heavy (non-hydrogen) atoms. The highest BCUT2D eigenvalue weighted by molar-refractivity contribution is 7.92. The Kier molecular flexibility index (Phi) is 6.84. The van der Waals surface area contributed by atoms with E-state index in [9.17, 15) is 18.5 Å². The van der Waals surface area contributed by atoms with Gasteiger partial charge in [-0.3, -0.25) is 14.8 Å². The molecule has 186 valence electrons. The van der Waals surface area contributed by atoms with Gasteiger partial charge in [0.1, 0.15) is 5.82 Å². The van der Waals surface area contributed by atoms with Crippen molar-refractivity contribution in [2.75, 3.05) is 10.0 Å². The van der Waals surface area contributed by atoms with Crippen LogP contribution < -0.4 is 10.0 Å². The van der Waals surface area contributed by atoms with E-state index >= 15 is 4.39 Å². The average Bonchev–Trinajstić information content (AvgIpc) is 2.86. The molecule has 0 radical (unpaired) electrons. The normalized spacial score (nSPS) is 20.3. The van der Waals surface area contributed by atoms with E-state index < -0.39 is 32.6 Å². The number of sulfonamides is 1. The number of nitrogens with one attached hydrogen (secondary N) is 2. The smallest absolute Gasteiger partial charge is 0.270 e. The Hall–Kier alpha value is -4.12. The summed E-state index contributed by atoms with van der Waals surface area (Å²) in [4.78, 5) is 18.2. The van der Waals surface area contributed by atoms with E-state index in [1.807, 2.05) is 36.4 Å². The van der Waals surface area contributed by atoms with Crippen LogP contribution in [0.4, 0.5) is 21.8 Å². The Morgan fingerprint density at radius 3 is 2.58 bits per heavy atom. The second-order valence-electron chi connectivity index (χ2n) is 8.43. The first-order chi connectivity index (χ1) is 17.1. The molecule has 1 aliphatic carbocycles. The van der Waals surface area contributed by atoms with Gasteiger partial charge in [0.25, 0.3) is 15.7 Å². The summed E-state index contributed by atoms with van der Waals surface area (Å²) < 4.78 is 43.7. The standard InChI is InChI=1S/C25H24FN5O4S/c1-17-15-20(19-7-4-3-5-8-19)11-13-25(17,26)18(2)28-24-27-14-12-23(29-24)30-36(34,35)22-10-6-9-21(16-22)31(32)33/h3-18H,1-2H3,(H2,27,28,29,30). The first-order valence-corrected chi connectivity index (χ1v) is 12.6. The van der Waals surface area contributed by atoms with Crippen LogP contribution in [0.1, 0.15) is 19.4 Å². The Balaban J connectivity index is 1.49. The van der Waals surface area contributed by atoms with Gasteiger partial charge < -0.3 is 5.32 Å². The van der Waals surface area contributed by atoms with Crippen LogP contribution in [0, 0.1) is 16.0 Å². The quantitative estimate of drug-likeness (QED) is 0.324. The fraction of sp³-hybridized carbons (Fsp3) is 0.200. The third-order valence-corrected chi connectivity index (χ3v) is 7.35. The van der Waals surface area contributed by atoms with E-state index in [1.54, 1.807) is 19.9 Å². The van der Waals surface area contributed by atoms with Crippen molar-refractivity contribution in [2.45, 2.75) is 30.5 Å². The summed E-state index contributed by atoms with van der Waals surface area (Å²) in [5.41, 5.74) is -0.183. The molecule has 0 bridgehead atoms. The Labute approximate surface area is 208 Å². The molecule has 3 unspecified atom stereocenters. The highest BCUT2D eigenvalue weighted by Gasteiger charge is 2.41. The van der Waals surface area contributed by atoms with Crippen LogP contribution in [0.5, 0.6) is 0 Å². The predicted molar refractivity (Wildman–Crippen MR) is 136 cm³/mol. The van der Waals surface area contributed by atoms with Gasteiger partial charge in [0.2, 0.25) is 5.95 Å². The molecule has 0 aliphatic heterocycles. The number of nitro benzene ring substituents is 1. The van der Waals surface area contributed by atoms with Gasteiger partial charge >= 0.3 is 0 Å². The Morgan fingerprint density at radius 2 is 1.89 bits per heavy atom. The zero-order chi connectivity index (χ0) is 25.9. The Morgan fingerprint density at radius 1 is 1.14 bits per heavy atom. The van der Waals surface area contributed by atoms with E-state index in [4.69, 9.17) is 0 Å². The lowest BCUT2D eigenvalue weighted by atomic mass is 9.78. The molecule has 3 atom stereocenters. The highest BCUT2D eigenvalue weighted by atomic mass is 32.2. The zero-order valence-corrected chi connectivity index (χ0v) is 20.3. The van der Waals surface area contributed by atoms with Crippen LogP contribution in [0.3, 0.4) is 0 Å². The zero-order valence-electron chi connectivity index (χ0n) is 19.5. The van der Waals surface area contributed by atoms with Crippen LogP contribution in [-0.4, -0.2) is 35.0 Å². The molecular formula is C25H24FN5O4S. The summed E-state index contributed by atoms with van der Waals surface area (Å²) in [5.74, 6) is -0.509. The highest BCUT2D eigenvalue weighted by Crippen LogP contribution is 2.37. The molecule has 1 heterocycles. The molecule has 0 fully saturated rings. The van der Waals surface area contributed by atoms with Crippen molar-refractivity contribution < 1.29 is 17.7 Å². The molecule has 2 N–H and O–H groups in total. The maximum Gasteiger partial charge on any atom is 0.270 e. The molecule has 3 aromatic rings. The predicted octanol–water partition coefficient (Wildman–Crippen LogP) is 4.98. The maximum atomic E-state index is 16.0. The fourth-order valence-electron chi connectivity index (χ4n) is 3.93. The first kappa shape index (κ1) is 25.0. The lowest BCUT2D eigenvalue weighted by Gasteiger charge is -2.36. The number of nitro groups is 1. The van der Waals surface area contributed by atoms with Crippen molar-refractivity contribution in [1.29, 1.82) is 0 Å². The number of anilines is 2. The molecule has 11 heteroatoms. The fourth-order valence-corrected chi connectivity index (χ4v) is 4.97. The van der Waals surface area contributed by atoms with E-state index in [0.29, 0.717) is 0 Å². The summed E-state index contributed by atoms with van der Waals surface area (Å²) in [6.45, 7) is 3.45. The molecule has 1 aliphatic rings. The molecule has 0 saturated carbocycles. The largest absolute Gasteiger partial charge is 0.348 e. The van der Waals surface area contributed by atoms with Crippen molar-refractivity contribution in [3.8, 4) is 0 Å². The number of benzene rings is 2. The summed E-state index contributed by atoms with van der Waals surface area (Å²) in [6, 6.07) is 14.9. The van der Waals surface area contributed by atoms with Crippen LogP contribution in [0.2, 0.25) is 0 Å². The molecule has 1 aromatic heterocycles. The summed E-state index contributed by atoms with van der Waals surface area (Å²) in [6.07, 6.45) is 6.47. The van der Waals surface area contributed by atoms with Crippen molar-refractivity contribution in [3.63, 3.8) is 0 Å². The van der Waals surface area contributed by atoms with Gasteiger partial charge in [-0.2, -0.15) is 4.98 Å². The van der Waals surface area contributed by atoms with Gasteiger partial charge in [-0.15, -0.1) is 0 Å². The Bertz CT molecular complexity index is 1450. The van der Waals surface area contributed by atoms with E-state index in [0.717, 1.165) is 17.2 Å². The van der Waals surface area contributed by atoms with Gasteiger partial charge in [0.15, 0.2) is 5.67 Å². The molecule has 9 nitrogen and oxygen atoms in total. The minimum atomic E-state index is -4.15. The minimum Gasteiger partial charge on any atom is -0.348 e. The monoisotopic (exact) mass is 509 g/mol. The van der Waals surface area contributed by atoms with E-state index in [1.165, 1.54) is 36.5 Å². The maximum absolute atomic E-state index is 16.0. The number of hydrogen-bond donors (Lipinski definition) is 2. The van der Waals surface area contributed by atoms with E-state index in [2.05, 4.69) is 20.0 Å². The molecule has 0 amide bonds. The number of hydrogen-bond acceptors (Lipinski definition) is 7. The topological polar surface area (TPSA) is 127 Å². The van der Waals surface area contributed by atoms with Crippen LogP contribution in [0.25, 0.3) is 5.57 Å². The molecule has 0 saturated heterocycles. The van der Waals surface area contributed by atoms with Crippen molar-refractivity contribution in [3.05, 3.63) is 101 Å². The second kappa shape index (κ2) is 9.86. The van der Waals surface area contributed by atoms with Gasteiger partial charge in [0.05, 0.1) is 15.9 Å².